The van der Waals surface area contributed by atoms with Crippen LogP contribution in [-0.4, -0.2) is 36.7 Å². The number of carbonyl (C=O) groups excluding carboxylic acids is 3. The van der Waals surface area contributed by atoms with Crippen LogP contribution in [0.25, 0.3) is 0 Å². The van der Waals surface area contributed by atoms with Gasteiger partial charge in [0, 0.05) is 37.4 Å². The molecule has 2 atom stereocenters. The van der Waals surface area contributed by atoms with Gasteiger partial charge in [-0.05, 0) is 42.7 Å². The number of para-hydroxylation sites is 1. The molecule has 2 aromatic rings. The summed E-state index contributed by atoms with van der Waals surface area (Å²) in [6.07, 6.45) is -3.03. The number of hydrogen-bond acceptors (Lipinski definition) is 6. The van der Waals surface area contributed by atoms with Crippen LogP contribution >= 0.6 is 0 Å². The van der Waals surface area contributed by atoms with E-state index < -0.39 is 29.5 Å². The molecule has 0 radical (unpaired) electrons. The lowest BCUT2D eigenvalue weighted by Crippen LogP contribution is -2.55. The molecule has 0 spiro atoms. The summed E-state index contributed by atoms with van der Waals surface area (Å²) in [6, 6.07) is 11.7. The number of ether oxygens (including phenoxy) is 2. The number of ketones is 1. The van der Waals surface area contributed by atoms with E-state index in [4.69, 9.17) is 9.47 Å². The van der Waals surface area contributed by atoms with Crippen molar-refractivity contribution in [1.29, 1.82) is 0 Å². The van der Waals surface area contributed by atoms with Gasteiger partial charge in [-0.15, -0.1) is 0 Å². The summed E-state index contributed by atoms with van der Waals surface area (Å²) in [7, 11) is 0. The first kappa shape index (κ1) is 26.5. The molecule has 2 amide bonds. The molecule has 2 fully saturated rings. The fourth-order valence-electron chi connectivity index (χ4n) is 4.41. The molecule has 0 bridgehead atoms. The molecule has 11 heteroatoms. The standard InChI is InChI=1S/C26H28F3N3O5/c27-26(28,29)21-6-1-2-7-22(21)31-19-10-8-17(9-11-19)15-30-24(35)37-25(12-13-36-16-25)32-23(34)18-4-3-5-20(33)14-18/h1-2,6-11,18,31H,3-5,12-16H2,(H,30,35)(H,32,34)/t18?,25-/m0/s1. The van der Waals surface area contributed by atoms with Crippen molar-refractivity contribution in [2.45, 2.75) is 50.6 Å². The minimum absolute atomic E-state index is 0.00654. The minimum atomic E-state index is -4.48. The lowest BCUT2D eigenvalue weighted by Gasteiger charge is -2.31. The molecule has 4 rings (SSSR count). The van der Waals surface area contributed by atoms with E-state index >= 15 is 0 Å². The normalized spacial score (nSPS) is 21.8. The monoisotopic (exact) mass is 519 g/mol. The zero-order valence-corrected chi connectivity index (χ0v) is 20.0. The number of alkyl halides is 3. The average molecular weight is 520 g/mol. The highest BCUT2D eigenvalue weighted by molar-refractivity contribution is 5.88. The molecule has 0 aromatic heterocycles. The van der Waals surface area contributed by atoms with E-state index in [2.05, 4.69) is 16.0 Å². The van der Waals surface area contributed by atoms with Crippen LogP contribution in [0.4, 0.5) is 29.3 Å². The van der Waals surface area contributed by atoms with Crippen molar-refractivity contribution in [2.75, 3.05) is 18.5 Å². The molecule has 1 aliphatic heterocycles. The number of nitrogens with one attached hydrogen (secondary N) is 3. The van der Waals surface area contributed by atoms with Gasteiger partial charge in [-0.3, -0.25) is 9.59 Å². The molecule has 198 valence electrons. The Morgan fingerprint density at radius 1 is 1.11 bits per heavy atom. The largest absolute Gasteiger partial charge is 0.420 e. The first-order valence-corrected chi connectivity index (χ1v) is 12.0. The second-order valence-electron chi connectivity index (χ2n) is 9.23. The highest BCUT2D eigenvalue weighted by Crippen LogP contribution is 2.35. The number of hydrogen-bond donors (Lipinski definition) is 3. The van der Waals surface area contributed by atoms with Crippen molar-refractivity contribution in [3.63, 3.8) is 0 Å². The van der Waals surface area contributed by atoms with Gasteiger partial charge in [-0.2, -0.15) is 13.2 Å². The molecule has 1 aliphatic carbocycles. The zero-order chi connectivity index (χ0) is 26.5. The topological polar surface area (TPSA) is 106 Å². The van der Waals surface area contributed by atoms with Crippen LogP contribution in [-0.2, 0) is 31.8 Å². The maximum Gasteiger partial charge on any atom is 0.418 e. The average Bonchev–Trinajstić information content (AvgIpc) is 3.31. The van der Waals surface area contributed by atoms with Gasteiger partial charge in [0.2, 0.25) is 11.6 Å². The molecule has 8 nitrogen and oxygen atoms in total. The van der Waals surface area contributed by atoms with Crippen LogP contribution in [0.1, 0.15) is 43.2 Å². The molecule has 2 aliphatic rings. The van der Waals surface area contributed by atoms with Crippen molar-refractivity contribution in [3.05, 3.63) is 59.7 Å². The maximum atomic E-state index is 13.2. The minimum Gasteiger partial charge on any atom is -0.420 e. The Balaban J connectivity index is 1.31. The number of rotatable bonds is 7. The van der Waals surface area contributed by atoms with Crippen molar-refractivity contribution in [1.82, 2.24) is 10.6 Å². The van der Waals surface area contributed by atoms with Crippen LogP contribution < -0.4 is 16.0 Å². The van der Waals surface area contributed by atoms with Crippen LogP contribution in [0.3, 0.4) is 0 Å². The lowest BCUT2D eigenvalue weighted by molar-refractivity contribution is -0.137. The van der Waals surface area contributed by atoms with E-state index in [1.807, 2.05) is 0 Å². The third-order valence-electron chi connectivity index (χ3n) is 6.38. The first-order valence-electron chi connectivity index (χ1n) is 12.0. The van der Waals surface area contributed by atoms with Gasteiger partial charge in [-0.1, -0.05) is 24.3 Å². The molecule has 1 saturated heterocycles. The van der Waals surface area contributed by atoms with E-state index in [-0.39, 0.29) is 43.4 Å². The van der Waals surface area contributed by atoms with E-state index in [0.717, 1.165) is 6.07 Å². The summed E-state index contributed by atoms with van der Waals surface area (Å²) < 4.78 is 50.5. The summed E-state index contributed by atoms with van der Waals surface area (Å²) >= 11 is 0. The first-order chi connectivity index (χ1) is 17.6. The summed E-state index contributed by atoms with van der Waals surface area (Å²) in [4.78, 5) is 36.9. The van der Waals surface area contributed by atoms with Gasteiger partial charge in [0.1, 0.15) is 12.4 Å². The molecule has 3 N–H and O–H groups in total. The fraction of sp³-hybridized carbons (Fsp3) is 0.423. The van der Waals surface area contributed by atoms with Gasteiger partial charge in [0.25, 0.3) is 0 Å². The number of amides is 2. The van der Waals surface area contributed by atoms with Crippen molar-refractivity contribution < 1.29 is 37.0 Å². The van der Waals surface area contributed by atoms with E-state index in [1.54, 1.807) is 24.3 Å². The molecular formula is C26H28F3N3O5. The Morgan fingerprint density at radius 3 is 2.54 bits per heavy atom. The van der Waals surface area contributed by atoms with Crippen LogP contribution in [0.15, 0.2) is 48.5 Å². The number of anilines is 2. The molecule has 1 unspecified atom stereocenters. The Labute approximate surface area is 211 Å². The SMILES string of the molecule is O=C1CCCC(C(=O)N[C@]2(OC(=O)NCc3ccc(Nc4ccccc4C(F)(F)F)cc3)CCOC2)C1. The highest BCUT2D eigenvalue weighted by atomic mass is 19.4. The Hall–Kier alpha value is -3.60. The van der Waals surface area contributed by atoms with Crippen molar-refractivity contribution >= 4 is 29.2 Å². The van der Waals surface area contributed by atoms with E-state index in [1.165, 1.54) is 18.2 Å². The van der Waals surface area contributed by atoms with Crippen molar-refractivity contribution in [2.24, 2.45) is 5.92 Å². The Kier molecular flexibility index (Phi) is 8.01. The third-order valence-corrected chi connectivity index (χ3v) is 6.38. The quantitative estimate of drug-likeness (QED) is 0.460. The van der Waals surface area contributed by atoms with Crippen LogP contribution in [0.2, 0.25) is 0 Å². The molecule has 1 heterocycles. The second-order valence-corrected chi connectivity index (χ2v) is 9.23. The van der Waals surface area contributed by atoms with Crippen molar-refractivity contribution in [3.8, 4) is 0 Å². The van der Waals surface area contributed by atoms with Gasteiger partial charge < -0.3 is 25.4 Å². The molecular weight excluding hydrogens is 491 g/mol. The predicted molar refractivity (Wildman–Crippen MR) is 128 cm³/mol. The number of alkyl carbamates (subject to hydrolysis) is 1. The van der Waals surface area contributed by atoms with Gasteiger partial charge in [-0.25, -0.2) is 4.79 Å². The number of halogens is 3. The smallest absolute Gasteiger partial charge is 0.418 e. The van der Waals surface area contributed by atoms with Crippen LogP contribution in [0.5, 0.6) is 0 Å². The third kappa shape index (κ3) is 7.00. The molecule has 2 aromatic carbocycles. The molecule has 1 saturated carbocycles. The second kappa shape index (κ2) is 11.2. The van der Waals surface area contributed by atoms with E-state index in [0.29, 0.717) is 37.1 Å². The molecule has 37 heavy (non-hydrogen) atoms. The van der Waals surface area contributed by atoms with Gasteiger partial charge in [0.05, 0.1) is 17.9 Å². The number of benzene rings is 2. The Morgan fingerprint density at radius 2 is 1.86 bits per heavy atom. The Bertz CT molecular complexity index is 1130. The highest BCUT2D eigenvalue weighted by Gasteiger charge is 2.42. The number of Topliss-reactive ketones (excluding diaryl/α,β-unsaturated/α-hetero) is 1. The zero-order valence-electron chi connectivity index (χ0n) is 20.0. The van der Waals surface area contributed by atoms with Gasteiger partial charge >= 0.3 is 12.3 Å². The van der Waals surface area contributed by atoms with Crippen LogP contribution in [0, 0.1) is 5.92 Å². The number of carbonyl (C=O) groups is 3. The summed E-state index contributed by atoms with van der Waals surface area (Å²) in [5.74, 6) is -0.727. The lowest BCUT2D eigenvalue weighted by atomic mass is 9.87. The summed E-state index contributed by atoms with van der Waals surface area (Å²) in [5, 5.41) is 8.15. The van der Waals surface area contributed by atoms with E-state index in [9.17, 15) is 27.6 Å². The summed E-state index contributed by atoms with van der Waals surface area (Å²) in [6.45, 7) is 0.413. The predicted octanol–water partition coefficient (Wildman–Crippen LogP) is 4.67. The maximum absolute atomic E-state index is 13.2. The fourth-order valence-corrected chi connectivity index (χ4v) is 4.41. The van der Waals surface area contributed by atoms with Gasteiger partial charge in [0.15, 0.2) is 0 Å². The summed E-state index contributed by atoms with van der Waals surface area (Å²) in [5.41, 5.74) is -0.993.